The maximum atomic E-state index is 12.1. The molecule has 104 valence electrons. The summed E-state index contributed by atoms with van der Waals surface area (Å²) in [6.07, 6.45) is -2.98. The average molecular weight is 266 g/mol. The van der Waals surface area contributed by atoms with Gasteiger partial charge in [-0.1, -0.05) is 6.92 Å². The first-order chi connectivity index (χ1) is 8.07. The van der Waals surface area contributed by atoms with Crippen LogP contribution >= 0.6 is 0 Å². The molecule has 0 saturated carbocycles. The monoisotopic (exact) mass is 266 g/mol. The van der Waals surface area contributed by atoms with Crippen LogP contribution in [-0.4, -0.2) is 30.0 Å². The van der Waals surface area contributed by atoms with E-state index in [0.29, 0.717) is 6.42 Å². The fraction of sp³-hybridized carbons (Fsp3) is 0.917. The van der Waals surface area contributed by atoms with E-state index in [-0.39, 0.29) is 5.92 Å². The molecule has 0 amide bonds. The first kappa shape index (κ1) is 13.6. The van der Waals surface area contributed by atoms with Gasteiger partial charge in [0, 0.05) is 5.92 Å². The molecule has 0 spiro atoms. The van der Waals surface area contributed by atoms with Gasteiger partial charge < -0.3 is 9.47 Å². The number of ether oxygens (including phenoxy) is 2. The maximum Gasteiger partial charge on any atom is 0.422 e. The number of alkyl halides is 3. The molecule has 2 bridgehead atoms. The lowest BCUT2D eigenvalue weighted by Crippen LogP contribution is -2.43. The minimum atomic E-state index is -4.48. The van der Waals surface area contributed by atoms with Gasteiger partial charge in [0.25, 0.3) is 0 Å². The van der Waals surface area contributed by atoms with Crippen molar-refractivity contribution < 1.29 is 27.4 Å². The van der Waals surface area contributed by atoms with Crippen molar-refractivity contribution in [2.45, 2.75) is 51.0 Å². The molecule has 4 atom stereocenters. The fourth-order valence-electron chi connectivity index (χ4n) is 3.25. The maximum absolute atomic E-state index is 12.1. The van der Waals surface area contributed by atoms with Crippen molar-refractivity contribution in [1.29, 1.82) is 0 Å². The predicted octanol–water partition coefficient (Wildman–Crippen LogP) is 2.69. The Morgan fingerprint density at radius 3 is 2.33 bits per heavy atom. The lowest BCUT2D eigenvalue weighted by atomic mass is 9.68. The molecule has 2 heterocycles. The van der Waals surface area contributed by atoms with Crippen molar-refractivity contribution in [2.75, 3.05) is 6.61 Å². The lowest BCUT2D eigenvalue weighted by molar-refractivity contribution is -0.192. The van der Waals surface area contributed by atoms with E-state index in [1.54, 1.807) is 6.92 Å². The van der Waals surface area contributed by atoms with Gasteiger partial charge in [-0.15, -0.1) is 0 Å². The van der Waals surface area contributed by atoms with E-state index in [1.165, 1.54) is 0 Å². The van der Waals surface area contributed by atoms with Crippen molar-refractivity contribution in [3.8, 4) is 0 Å². The van der Waals surface area contributed by atoms with Crippen molar-refractivity contribution in [1.82, 2.24) is 0 Å². The van der Waals surface area contributed by atoms with E-state index in [0.717, 1.165) is 6.42 Å². The number of carbonyl (C=O) groups excluding carboxylic acids is 1. The molecule has 3 nitrogen and oxygen atoms in total. The Kier molecular flexibility index (Phi) is 2.92. The fourth-order valence-corrected chi connectivity index (χ4v) is 3.25. The smallest absolute Gasteiger partial charge is 0.422 e. The van der Waals surface area contributed by atoms with Gasteiger partial charge in [-0.2, -0.15) is 13.2 Å². The average Bonchev–Trinajstić information content (AvgIpc) is 2.61. The first-order valence-corrected chi connectivity index (χ1v) is 6.01. The highest BCUT2D eigenvalue weighted by Gasteiger charge is 2.64. The van der Waals surface area contributed by atoms with Crippen LogP contribution in [0.1, 0.15) is 33.6 Å². The molecule has 2 aliphatic rings. The van der Waals surface area contributed by atoms with Crippen LogP contribution in [0.3, 0.4) is 0 Å². The number of hydrogen-bond acceptors (Lipinski definition) is 3. The minimum Gasteiger partial charge on any atom is -0.456 e. The minimum absolute atomic E-state index is 0.128. The van der Waals surface area contributed by atoms with Crippen LogP contribution in [0.2, 0.25) is 0 Å². The molecule has 18 heavy (non-hydrogen) atoms. The molecule has 0 aromatic heterocycles. The summed E-state index contributed by atoms with van der Waals surface area (Å²) in [7, 11) is 0. The Balaban J connectivity index is 2.08. The van der Waals surface area contributed by atoms with Gasteiger partial charge in [0.15, 0.2) is 6.61 Å². The Bertz CT molecular complexity index is 368. The van der Waals surface area contributed by atoms with Gasteiger partial charge in [0.05, 0.1) is 17.1 Å². The molecule has 0 unspecified atom stereocenters. The Morgan fingerprint density at radius 2 is 1.89 bits per heavy atom. The van der Waals surface area contributed by atoms with Crippen molar-refractivity contribution in [2.24, 2.45) is 11.8 Å². The van der Waals surface area contributed by atoms with Crippen LogP contribution in [0.25, 0.3) is 0 Å². The molecule has 0 radical (unpaired) electrons. The van der Waals surface area contributed by atoms with Crippen LogP contribution in [0.5, 0.6) is 0 Å². The summed E-state index contributed by atoms with van der Waals surface area (Å²) in [5.74, 6) is -1.54. The first-order valence-electron chi connectivity index (χ1n) is 6.01. The Hall–Kier alpha value is -0.780. The van der Waals surface area contributed by atoms with Gasteiger partial charge in [-0.3, -0.25) is 4.79 Å². The van der Waals surface area contributed by atoms with Gasteiger partial charge in [-0.05, 0) is 26.7 Å². The topological polar surface area (TPSA) is 35.5 Å². The summed E-state index contributed by atoms with van der Waals surface area (Å²) in [6.45, 7) is 3.99. The molecule has 0 aliphatic carbocycles. The highest BCUT2D eigenvalue weighted by Crippen LogP contribution is 2.57. The van der Waals surface area contributed by atoms with Gasteiger partial charge in [0.2, 0.25) is 0 Å². The van der Waals surface area contributed by atoms with Crippen molar-refractivity contribution in [3.63, 3.8) is 0 Å². The second kappa shape index (κ2) is 3.85. The number of esters is 1. The summed E-state index contributed by atoms with van der Waals surface area (Å²) >= 11 is 0. The molecule has 2 aliphatic heterocycles. The van der Waals surface area contributed by atoms with Crippen LogP contribution in [-0.2, 0) is 14.3 Å². The van der Waals surface area contributed by atoms with E-state index in [2.05, 4.69) is 4.74 Å². The Morgan fingerprint density at radius 1 is 1.33 bits per heavy atom. The zero-order chi connectivity index (χ0) is 13.8. The largest absolute Gasteiger partial charge is 0.456 e. The summed E-state index contributed by atoms with van der Waals surface area (Å²) in [4.78, 5) is 11.8. The summed E-state index contributed by atoms with van der Waals surface area (Å²) in [5.41, 5.74) is -1.10. The molecule has 6 heteroatoms. The zero-order valence-corrected chi connectivity index (χ0v) is 10.6. The van der Waals surface area contributed by atoms with Crippen LogP contribution in [0, 0.1) is 11.8 Å². The molecule has 0 N–H and O–H groups in total. The van der Waals surface area contributed by atoms with Crippen LogP contribution in [0.4, 0.5) is 13.2 Å². The Labute approximate surface area is 104 Å². The number of carbonyl (C=O) groups is 1. The molecule has 0 aromatic carbocycles. The number of hydrogen-bond donors (Lipinski definition) is 0. The summed E-state index contributed by atoms with van der Waals surface area (Å²) in [6, 6.07) is 0. The van der Waals surface area contributed by atoms with Crippen molar-refractivity contribution >= 4 is 5.97 Å². The van der Waals surface area contributed by atoms with Gasteiger partial charge in [-0.25, -0.2) is 0 Å². The highest BCUT2D eigenvalue weighted by molar-refractivity contribution is 5.75. The highest BCUT2D eigenvalue weighted by atomic mass is 19.4. The quantitative estimate of drug-likeness (QED) is 0.721. The van der Waals surface area contributed by atoms with Gasteiger partial charge >= 0.3 is 12.1 Å². The van der Waals surface area contributed by atoms with E-state index in [4.69, 9.17) is 4.74 Å². The van der Waals surface area contributed by atoms with E-state index < -0.39 is 35.9 Å². The number of halogens is 3. The molecular weight excluding hydrogens is 249 g/mol. The SMILES string of the molecule is C[C@H]1[C@@H](C(=O)OCC(F)(F)F)[C@@]2(C)CC[C@]1(C)O2. The van der Waals surface area contributed by atoms with Crippen molar-refractivity contribution in [3.05, 3.63) is 0 Å². The van der Waals surface area contributed by atoms with E-state index in [9.17, 15) is 18.0 Å². The molecule has 2 rings (SSSR count). The summed E-state index contributed by atoms with van der Waals surface area (Å²) in [5, 5.41) is 0. The molecule has 0 aromatic rings. The second-order valence-electron chi connectivity index (χ2n) is 5.72. The number of rotatable bonds is 2. The van der Waals surface area contributed by atoms with Crippen LogP contribution < -0.4 is 0 Å². The van der Waals surface area contributed by atoms with Crippen LogP contribution in [0.15, 0.2) is 0 Å². The second-order valence-corrected chi connectivity index (χ2v) is 5.72. The lowest BCUT2D eigenvalue weighted by Gasteiger charge is -2.32. The third-order valence-corrected chi connectivity index (χ3v) is 4.34. The van der Waals surface area contributed by atoms with E-state index >= 15 is 0 Å². The zero-order valence-electron chi connectivity index (χ0n) is 10.6. The molecular formula is C12H17F3O3. The van der Waals surface area contributed by atoms with Gasteiger partial charge in [0.1, 0.15) is 0 Å². The molecule has 2 fully saturated rings. The predicted molar refractivity (Wildman–Crippen MR) is 56.8 cm³/mol. The standard InChI is InChI=1S/C12H17F3O3/c1-7-8(9(16)17-6-12(13,14)15)11(3)5-4-10(7,2)18-11/h7-8H,4-6H2,1-3H3/t7-,8-,10-,11+/m0/s1. The number of fused-ring (bicyclic) bond motifs is 2. The third-order valence-electron chi connectivity index (χ3n) is 4.34. The molecule has 2 saturated heterocycles. The normalized spacial score (nSPS) is 43.2. The summed E-state index contributed by atoms with van der Waals surface area (Å²) < 4.78 is 46.4. The third kappa shape index (κ3) is 2.11. The van der Waals surface area contributed by atoms with E-state index in [1.807, 2.05) is 13.8 Å².